The molecule has 2 aromatic carbocycles. The molecule has 2 rings (SSSR count). The molecule has 0 aliphatic heterocycles. The van der Waals surface area contributed by atoms with Crippen molar-refractivity contribution in [3.05, 3.63) is 71.8 Å². The summed E-state index contributed by atoms with van der Waals surface area (Å²) in [5.41, 5.74) is 13.6. The Bertz CT molecular complexity index is 578. The third-order valence-electron chi connectivity index (χ3n) is 2.65. The van der Waals surface area contributed by atoms with Crippen molar-refractivity contribution in [2.45, 2.75) is 25.9 Å². The van der Waals surface area contributed by atoms with Gasteiger partial charge in [-0.25, -0.2) is 0 Å². The maximum atomic E-state index is 8.74. The smallest absolute Gasteiger partial charge is 0.324 e. The van der Waals surface area contributed by atoms with Crippen LogP contribution in [0, 0.1) is 0 Å². The number of hydrogen-bond donors (Lipinski definition) is 4. The van der Waals surface area contributed by atoms with Gasteiger partial charge in [-0.2, -0.15) is 8.42 Å². The van der Waals surface area contributed by atoms with Gasteiger partial charge in [-0.3, -0.25) is 9.11 Å². The molecule has 0 amide bonds. The molecule has 0 spiro atoms. The van der Waals surface area contributed by atoms with Crippen LogP contribution in [0.1, 0.15) is 37.1 Å². The van der Waals surface area contributed by atoms with Crippen molar-refractivity contribution in [2.75, 3.05) is 0 Å². The topological polar surface area (TPSA) is 127 Å². The van der Waals surface area contributed by atoms with Crippen molar-refractivity contribution < 1.29 is 17.5 Å². The molecule has 0 aliphatic rings. The van der Waals surface area contributed by atoms with Crippen molar-refractivity contribution in [3.63, 3.8) is 0 Å². The fourth-order valence-corrected chi connectivity index (χ4v) is 1.51. The average molecular weight is 340 g/mol. The highest BCUT2D eigenvalue weighted by Crippen LogP contribution is 2.07. The summed E-state index contributed by atoms with van der Waals surface area (Å²) in [5, 5.41) is 0. The summed E-state index contributed by atoms with van der Waals surface area (Å²) in [6.45, 7) is 3.96. The monoisotopic (exact) mass is 340 g/mol. The Morgan fingerprint density at radius 3 is 1.09 bits per heavy atom. The first-order chi connectivity index (χ1) is 10.6. The fourth-order valence-electron chi connectivity index (χ4n) is 1.51. The molecule has 128 valence electrons. The predicted octanol–water partition coefficient (Wildman–Crippen LogP) is 2.76. The SMILES string of the molecule is CC(N)c1ccccc1.CC(N)c1ccccc1.O=S(=O)(O)O. The van der Waals surface area contributed by atoms with Gasteiger partial charge in [-0.05, 0) is 25.0 Å². The Morgan fingerprint density at radius 2 is 0.957 bits per heavy atom. The molecular weight excluding hydrogens is 316 g/mol. The molecule has 0 fully saturated rings. The van der Waals surface area contributed by atoms with E-state index in [4.69, 9.17) is 29.0 Å². The van der Waals surface area contributed by atoms with Gasteiger partial charge in [0.1, 0.15) is 0 Å². The van der Waals surface area contributed by atoms with Crippen LogP contribution in [-0.4, -0.2) is 17.5 Å². The molecule has 0 heterocycles. The Kier molecular flexibility index (Phi) is 10.0. The molecule has 0 saturated carbocycles. The van der Waals surface area contributed by atoms with Gasteiger partial charge in [-0.1, -0.05) is 60.7 Å². The first kappa shape index (κ1) is 21.2. The average Bonchev–Trinajstić information content (AvgIpc) is 2.48. The standard InChI is InChI=1S/2C8H11N.H2O4S/c2*1-7(9)8-5-3-2-4-6-8;1-5(2,3)4/h2*2-7H,9H2,1H3;(H2,1,2,3,4). The van der Waals surface area contributed by atoms with Gasteiger partial charge < -0.3 is 11.5 Å². The first-order valence-corrected chi connectivity index (χ1v) is 8.32. The summed E-state index contributed by atoms with van der Waals surface area (Å²) in [4.78, 5) is 0. The van der Waals surface area contributed by atoms with Crippen LogP contribution in [0.4, 0.5) is 0 Å². The maximum absolute atomic E-state index is 8.74. The second-order valence-electron chi connectivity index (χ2n) is 4.85. The van der Waals surface area contributed by atoms with E-state index in [9.17, 15) is 0 Å². The van der Waals surface area contributed by atoms with Crippen LogP contribution in [0.2, 0.25) is 0 Å². The Labute approximate surface area is 137 Å². The number of benzene rings is 2. The first-order valence-electron chi connectivity index (χ1n) is 6.92. The molecule has 2 aromatic rings. The molecule has 0 saturated heterocycles. The lowest BCUT2D eigenvalue weighted by Gasteiger charge is -2.02. The Morgan fingerprint density at radius 1 is 0.739 bits per heavy atom. The third-order valence-corrected chi connectivity index (χ3v) is 2.65. The third kappa shape index (κ3) is 13.6. The van der Waals surface area contributed by atoms with E-state index in [1.54, 1.807) is 0 Å². The summed E-state index contributed by atoms with van der Waals surface area (Å²) in [6, 6.07) is 20.4. The minimum atomic E-state index is -4.67. The van der Waals surface area contributed by atoms with Crippen LogP contribution in [0.3, 0.4) is 0 Å². The summed E-state index contributed by atoms with van der Waals surface area (Å²) < 4.78 is 31.6. The van der Waals surface area contributed by atoms with Crippen molar-refractivity contribution in [3.8, 4) is 0 Å². The molecule has 23 heavy (non-hydrogen) atoms. The molecule has 0 aliphatic carbocycles. The number of hydrogen-bond acceptors (Lipinski definition) is 4. The zero-order valence-electron chi connectivity index (χ0n) is 13.2. The van der Waals surface area contributed by atoms with Crippen LogP contribution >= 0.6 is 0 Å². The van der Waals surface area contributed by atoms with E-state index in [1.807, 2.05) is 74.5 Å². The molecule has 6 nitrogen and oxygen atoms in total. The molecule has 7 heteroatoms. The van der Waals surface area contributed by atoms with Crippen LogP contribution in [0.25, 0.3) is 0 Å². The highest BCUT2D eigenvalue weighted by molar-refractivity contribution is 7.79. The van der Waals surface area contributed by atoms with Crippen molar-refractivity contribution >= 4 is 10.4 Å². The van der Waals surface area contributed by atoms with Gasteiger partial charge in [0.05, 0.1) is 0 Å². The molecule has 2 unspecified atom stereocenters. The fraction of sp³-hybridized carbons (Fsp3) is 0.250. The Hall–Kier alpha value is -1.77. The largest absolute Gasteiger partial charge is 0.394 e. The minimum Gasteiger partial charge on any atom is -0.324 e. The predicted molar refractivity (Wildman–Crippen MR) is 92.3 cm³/mol. The summed E-state index contributed by atoms with van der Waals surface area (Å²) in [5.74, 6) is 0. The highest BCUT2D eigenvalue weighted by Gasteiger charge is 1.94. The Balaban J connectivity index is 0.000000332. The zero-order chi connectivity index (χ0) is 17.9. The van der Waals surface area contributed by atoms with E-state index in [-0.39, 0.29) is 12.1 Å². The van der Waals surface area contributed by atoms with Crippen LogP contribution in [-0.2, 0) is 10.4 Å². The van der Waals surface area contributed by atoms with E-state index >= 15 is 0 Å². The van der Waals surface area contributed by atoms with Gasteiger partial charge in [0.2, 0.25) is 0 Å². The van der Waals surface area contributed by atoms with Crippen LogP contribution in [0.15, 0.2) is 60.7 Å². The normalized spacial score (nSPS) is 12.8. The molecule has 6 N–H and O–H groups in total. The minimum absolute atomic E-state index is 0.159. The molecule has 0 bridgehead atoms. The van der Waals surface area contributed by atoms with Crippen LogP contribution in [0.5, 0.6) is 0 Å². The lowest BCUT2D eigenvalue weighted by Crippen LogP contribution is -2.03. The molecular formula is C16H24N2O4S. The van der Waals surface area contributed by atoms with Crippen molar-refractivity contribution in [2.24, 2.45) is 11.5 Å². The zero-order valence-corrected chi connectivity index (χ0v) is 14.0. The lowest BCUT2D eigenvalue weighted by molar-refractivity contribution is 0.381. The second-order valence-corrected chi connectivity index (χ2v) is 5.74. The summed E-state index contributed by atoms with van der Waals surface area (Å²) in [7, 11) is -4.67. The number of rotatable bonds is 2. The van der Waals surface area contributed by atoms with Gasteiger partial charge in [0.15, 0.2) is 0 Å². The van der Waals surface area contributed by atoms with E-state index in [2.05, 4.69) is 0 Å². The van der Waals surface area contributed by atoms with E-state index in [0.717, 1.165) is 0 Å². The van der Waals surface area contributed by atoms with Crippen molar-refractivity contribution in [1.29, 1.82) is 0 Å². The van der Waals surface area contributed by atoms with E-state index in [1.165, 1.54) is 11.1 Å². The lowest BCUT2D eigenvalue weighted by atomic mass is 10.1. The molecule has 0 aromatic heterocycles. The summed E-state index contributed by atoms with van der Waals surface area (Å²) in [6.07, 6.45) is 0. The van der Waals surface area contributed by atoms with Gasteiger partial charge >= 0.3 is 10.4 Å². The van der Waals surface area contributed by atoms with E-state index in [0.29, 0.717) is 0 Å². The van der Waals surface area contributed by atoms with Gasteiger partial charge in [0, 0.05) is 12.1 Å². The maximum Gasteiger partial charge on any atom is 0.394 e. The van der Waals surface area contributed by atoms with Gasteiger partial charge in [0.25, 0.3) is 0 Å². The van der Waals surface area contributed by atoms with Gasteiger partial charge in [-0.15, -0.1) is 0 Å². The molecule has 0 radical (unpaired) electrons. The van der Waals surface area contributed by atoms with E-state index < -0.39 is 10.4 Å². The highest BCUT2D eigenvalue weighted by atomic mass is 32.3. The van der Waals surface area contributed by atoms with Crippen LogP contribution < -0.4 is 11.5 Å². The number of nitrogens with two attached hydrogens (primary N) is 2. The second kappa shape index (κ2) is 10.9. The quantitative estimate of drug-likeness (QED) is 0.623. The molecule has 2 atom stereocenters. The summed E-state index contributed by atoms with van der Waals surface area (Å²) >= 11 is 0. The van der Waals surface area contributed by atoms with Crippen molar-refractivity contribution in [1.82, 2.24) is 0 Å².